The number of nitrogens with zero attached hydrogens (tertiary/aromatic N) is 2. The normalized spacial score (nSPS) is 22.4. The number of fused-ring (bicyclic) bond motifs is 3. The number of nitrogens with two attached hydrogens (primary N) is 1. The van der Waals surface area contributed by atoms with Crippen molar-refractivity contribution in [1.82, 2.24) is 0 Å². The van der Waals surface area contributed by atoms with Crippen molar-refractivity contribution in [3.8, 4) is 6.07 Å². The molecule has 3 N–H and O–H groups in total. The lowest BCUT2D eigenvalue weighted by molar-refractivity contribution is -0.122. The molecule has 0 radical (unpaired) electrons. The summed E-state index contributed by atoms with van der Waals surface area (Å²) < 4.78 is 0.737. The number of rotatable bonds is 1. The third kappa shape index (κ3) is 2.62. The molecule has 1 unspecified atom stereocenters. The van der Waals surface area contributed by atoms with E-state index < -0.39 is 11.3 Å². The molecule has 0 bridgehead atoms. The first-order chi connectivity index (χ1) is 14.9. The van der Waals surface area contributed by atoms with E-state index >= 15 is 0 Å². The number of ketones is 1. The Kier molecular flexibility index (Phi) is 4.47. The summed E-state index contributed by atoms with van der Waals surface area (Å²) in [6.45, 7) is 0. The molecule has 0 aromatic heterocycles. The number of benzene rings is 2. The van der Waals surface area contributed by atoms with Gasteiger partial charge >= 0.3 is 0 Å². The second kappa shape index (κ2) is 6.98. The number of allylic oxidation sites excluding steroid dienone is 1. The fraction of sp³-hybridized carbons (Fsp3) is 0.174. The summed E-state index contributed by atoms with van der Waals surface area (Å²) in [5, 5.41) is 13.6. The van der Waals surface area contributed by atoms with Crippen LogP contribution in [0.2, 0.25) is 5.02 Å². The third-order valence-electron chi connectivity index (χ3n) is 6.05. The largest absolute Gasteiger partial charge is 0.384 e. The Morgan fingerprint density at radius 1 is 1.19 bits per heavy atom. The molecule has 2 heterocycles. The average Bonchev–Trinajstić information content (AvgIpc) is 3.00. The van der Waals surface area contributed by atoms with Gasteiger partial charge in [0.2, 0.25) is 5.91 Å². The lowest BCUT2D eigenvalue weighted by atomic mass is 9.64. The highest BCUT2D eigenvalue weighted by molar-refractivity contribution is 9.10. The summed E-state index contributed by atoms with van der Waals surface area (Å²) in [5.74, 6) is -0.466. The molecule has 31 heavy (non-hydrogen) atoms. The van der Waals surface area contributed by atoms with Crippen LogP contribution < -0.4 is 16.0 Å². The number of carbonyl (C=O) groups is 2. The van der Waals surface area contributed by atoms with Crippen molar-refractivity contribution in [3.05, 3.63) is 80.2 Å². The van der Waals surface area contributed by atoms with Gasteiger partial charge in [-0.25, -0.2) is 0 Å². The van der Waals surface area contributed by atoms with Crippen LogP contribution in [0.1, 0.15) is 24.8 Å². The van der Waals surface area contributed by atoms with E-state index in [1.54, 1.807) is 41.3 Å². The number of nitrogens with one attached hydrogen (secondary N) is 1. The maximum atomic E-state index is 13.5. The van der Waals surface area contributed by atoms with Crippen LogP contribution in [0.4, 0.5) is 11.4 Å². The van der Waals surface area contributed by atoms with Gasteiger partial charge < -0.3 is 11.1 Å². The van der Waals surface area contributed by atoms with E-state index in [0.717, 1.165) is 4.47 Å². The molecule has 1 aliphatic carbocycles. The Balaban J connectivity index is 1.90. The SMILES string of the molecule is N#CC1=C(N)N(c2cccc(Cl)c2)C2=C(C(=O)CCC2)C12C(=O)Nc1ccc(Br)cc12. The van der Waals surface area contributed by atoms with Gasteiger partial charge in [0.25, 0.3) is 0 Å². The summed E-state index contributed by atoms with van der Waals surface area (Å²) in [4.78, 5) is 28.6. The zero-order valence-corrected chi connectivity index (χ0v) is 18.5. The molecular formula is C23H16BrClN4O2. The molecule has 154 valence electrons. The Labute approximate surface area is 192 Å². The van der Waals surface area contributed by atoms with E-state index in [4.69, 9.17) is 17.3 Å². The lowest BCUT2D eigenvalue weighted by Crippen LogP contribution is -2.50. The van der Waals surface area contributed by atoms with E-state index in [2.05, 4.69) is 27.3 Å². The van der Waals surface area contributed by atoms with E-state index in [-0.39, 0.29) is 17.2 Å². The summed E-state index contributed by atoms with van der Waals surface area (Å²) in [7, 11) is 0. The van der Waals surface area contributed by atoms with Gasteiger partial charge in [0, 0.05) is 44.1 Å². The summed E-state index contributed by atoms with van der Waals surface area (Å²) >= 11 is 9.67. The van der Waals surface area contributed by atoms with E-state index in [9.17, 15) is 14.9 Å². The van der Waals surface area contributed by atoms with Crippen molar-refractivity contribution in [2.45, 2.75) is 24.7 Å². The number of hydrogen-bond acceptors (Lipinski definition) is 5. The summed E-state index contributed by atoms with van der Waals surface area (Å²) in [6.07, 6.45) is 1.48. The molecule has 2 aromatic rings. The van der Waals surface area contributed by atoms with Crippen molar-refractivity contribution >= 4 is 50.6 Å². The average molecular weight is 496 g/mol. The molecule has 6 nitrogen and oxygen atoms in total. The number of anilines is 2. The third-order valence-corrected chi connectivity index (χ3v) is 6.78. The molecule has 1 amide bonds. The van der Waals surface area contributed by atoms with Gasteiger partial charge in [-0.3, -0.25) is 14.5 Å². The van der Waals surface area contributed by atoms with E-state index in [0.29, 0.717) is 52.5 Å². The fourth-order valence-electron chi connectivity index (χ4n) is 4.87. The first kappa shape index (κ1) is 19.9. The van der Waals surface area contributed by atoms with E-state index in [1.165, 1.54) is 0 Å². The molecule has 0 saturated heterocycles. The maximum Gasteiger partial charge on any atom is 0.245 e. The van der Waals surface area contributed by atoms with Crippen LogP contribution in [0.3, 0.4) is 0 Å². The Morgan fingerprint density at radius 2 is 2.00 bits per heavy atom. The quantitative estimate of drug-likeness (QED) is 0.606. The number of hydrogen-bond donors (Lipinski definition) is 2. The molecule has 5 rings (SSSR count). The van der Waals surface area contributed by atoms with Crippen LogP contribution in [0.25, 0.3) is 0 Å². The minimum Gasteiger partial charge on any atom is -0.384 e. The Bertz CT molecular complexity index is 1290. The molecular weight excluding hydrogens is 480 g/mol. The summed E-state index contributed by atoms with van der Waals surface area (Å²) in [6, 6.07) is 14.6. The Hall–Kier alpha value is -3.08. The second-order valence-electron chi connectivity index (χ2n) is 7.68. The van der Waals surface area contributed by atoms with Gasteiger partial charge in [0.15, 0.2) is 5.78 Å². The molecule has 2 aromatic carbocycles. The van der Waals surface area contributed by atoms with Crippen molar-refractivity contribution in [1.29, 1.82) is 5.26 Å². The van der Waals surface area contributed by atoms with Crippen LogP contribution in [0, 0.1) is 11.3 Å². The molecule has 3 aliphatic rings. The highest BCUT2D eigenvalue weighted by Gasteiger charge is 2.60. The van der Waals surface area contributed by atoms with Gasteiger partial charge in [-0.1, -0.05) is 33.6 Å². The fourth-order valence-corrected chi connectivity index (χ4v) is 5.42. The first-order valence-electron chi connectivity index (χ1n) is 9.74. The molecule has 8 heteroatoms. The van der Waals surface area contributed by atoms with Crippen LogP contribution in [0.15, 0.2) is 69.6 Å². The van der Waals surface area contributed by atoms with Gasteiger partial charge in [-0.15, -0.1) is 0 Å². The standard InChI is InChI=1S/C23H16BrClN4O2/c24-12-7-8-17-15(9-12)23(22(31)28-17)16(11-26)21(27)29(14-4-1-3-13(25)10-14)18-5-2-6-19(30)20(18)23/h1,3-4,7-10H,2,5-6,27H2,(H,28,31). The first-order valence-corrected chi connectivity index (χ1v) is 10.9. The van der Waals surface area contributed by atoms with Crippen LogP contribution >= 0.6 is 27.5 Å². The topological polar surface area (TPSA) is 99.2 Å². The molecule has 1 atom stereocenters. The van der Waals surface area contributed by atoms with Gasteiger partial charge in [-0.2, -0.15) is 5.26 Å². The zero-order chi connectivity index (χ0) is 21.9. The predicted molar refractivity (Wildman–Crippen MR) is 121 cm³/mol. The van der Waals surface area contributed by atoms with Crippen molar-refractivity contribution in [2.75, 3.05) is 10.2 Å². The minimum absolute atomic E-state index is 0.0378. The van der Waals surface area contributed by atoms with Gasteiger partial charge in [0.1, 0.15) is 17.3 Å². The van der Waals surface area contributed by atoms with Gasteiger partial charge in [-0.05, 0) is 49.2 Å². The highest BCUT2D eigenvalue weighted by atomic mass is 79.9. The molecule has 1 spiro atoms. The smallest absolute Gasteiger partial charge is 0.245 e. The van der Waals surface area contributed by atoms with E-state index in [1.807, 2.05) is 6.07 Å². The number of halogens is 2. The van der Waals surface area contributed by atoms with Crippen molar-refractivity contribution in [2.24, 2.45) is 5.73 Å². The number of nitriles is 1. The monoisotopic (exact) mass is 494 g/mol. The zero-order valence-electron chi connectivity index (χ0n) is 16.2. The molecule has 0 fully saturated rings. The molecule has 0 saturated carbocycles. The van der Waals surface area contributed by atoms with Gasteiger partial charge in [0.05, 0.1) is 5.57 Å². The number of amides is 1. The summed E-state index contributed by atoms with van der Waals surface area (Å²) in [5.41, 5.74) is 7.77. The van der Waals surface area contributed by atoms with Crippen molar-refractivity contribution < 1.29 is 9.59 Å². The minimum atomic E-state index is -1.57. The lowest BCUT2D eigenvalue weighted by Gasteiger charge is -2.43. The van der Waals surface area contributed by atoms with Crippen LogP contribution in [-0.4, -0.2) is 11.7 Å². The maximum absolute atomic E-state index is 13.5. The second-order valence-corrected chi connectivity index (χ2v) is 9.03. The van der Waals surface area contributed by atoms with Crippen LogP contribution in [0.5, 0.6) is 0 Å². The van der Waals surface area contributed by atoms with Crippen molar-refractivity contribution in [3.63, 3.8) is 0 Å². The highest BCUT2D eigenvalue weighted by Crippen LogP contribution is 2.55. The predicted octanol–water partition coefficient (Wildman–Crippen LogP) is 4.51. The Morgan fingerprint density at radius 3 is 2.74 bits per heavy atom. The number of carbonyl (C=O) groups excluding carboxylic acids is 2. The van der Waals surface area contributed by atoms with Crippen LogP contribution in [-0.2, 0) is 15.0 Å². The number of Topliss-reactive ketones (excluding diaryl/α,β-unsaturated/α-hetero) is 1. The molecule has 2 aliphatic heterocycles.